The molecule has 0 saturated carbocycles. The van der Waals surface area contributed by atoms with Crippen LogP contribution in [0.2, 0.25) is 0 Å². The third kappa shape index (κ3) is 4.06. The predicted octanol–water partition coefficient (Wildman–Crippen LogP) is 2.98. The van der Waals surface area contributed by atoms with Gasteiger partial charge in [-0.2, -0.15) is 10.2 Å². The zero-order valence-corrected chi connectivity index (χ0v) is 16.2. The lowest BCUT2D eigenvalue weighted by Crippen LogP contribution is -2.29. The van der Waals surface area contributed by atoms with E-state index in [0.29, 0.717) is 24.5 Å². The Kier molecular flexibility index (Phi) is 5.15. The highest BCUT2D eigenvalue weighted by atomic mass is 16.5. The van der Waals surface area contributed by atoms with Crippen LogP contribution in [0.4, 0.5) is 0 Å². The summed E-state index contributed by atoms with van der Waals surface area (Å²) in [7, 11) is 3.37. The molecule has 8 nitrogen and oxygen atoms in total. The van der Waals surface area contributed by atoms with Crippen molar-refractivity contribution in [2.75, 3.05) is 13.7 Å². The van der Waals surface area contributed by atoms with Gasteiger partial charge in [0.15, 0.2) is 0 Å². The first-order chi connectivity index (χ1) is 14.1. The zero-order valence-electron chi connectivity index (χ0n) is 16.2. The number of nitrogens with one attached hydrogen (secondary N) is 1. The smallest absolute Gasteiger partial charge is 0.269 e. The van der Waals surface area contributed by atoms with Gasteiger partial charge in [0.25, 0.3) is 5.91 Å². The summed E-state index contributed by atoms with van der Waals surface area (Å²) in [5.41, 5.74) is 4.04. The van der Waals surface area contributed by atoms with Crippen molar-refractivity contribution in [3.63, 3.8) is 0 Å². The average molecular weight is 391 g/mol. The van der Waals surface area contributed by atoms with Crippen molar-refractivity contribution < 1.29 is 13.9 Å². The van der Waals surface area contributed by atoms with Gasteiger partial charge in [-0.15, -0.1) is 0 Å². The van der Waals surface area contributed by atoms with Crippen LogP contribution < -0.4 is 10.1 Å². The van der Waals surface area contributed by atoms with Crippen LogP contribution in [0.15, 0.2) is 65.7 Å². The molecule has 3 heterocycles. The minimum Gasteiger partial charge on any atom is -0.497 e. The lowest BCUT2D eigenvalue weighted by atomic mass is 10.1. The molecule has 0 aliphatic carbocycles. The van der Waals surface area contributed by atoms with Crippen LogP contribution in [0.5, 0.6) is 5.75 Å². The van der Waals surface area contributed by atoms with Crippen molar-refractivity contribution in [3.8, 4) is 28.1 Å². The number of rotatable bonds is 7. The quantitative estimate of drug-likeness (QED) is 0.523. The van der Waals surface area contributed by atoms with Gasteiger partial charge in [0.05, 0.1) is 38.1 Å². The number of nitrogens with zero attached hydrogens (tertiary/aromatic N) is 4. The Morgan fingerprint density at radius 3 is 2.90 bits per heavy atom. The molecule has 4 aromatic rings. The Morgan fingerprint density at radius 1 is 1.21 bits per heavy atom. The summed E-state index contributed by atoms with van der Waals surface area (Å²) in [5.74, 6) is 0.560. The molecule has 0 spiro atoms. The number of aryl methyl sites for hydroxylation is 1. The minimum absolute atomic E-state index is 0.184. The monoisotopic (exact) mass is 391 g/mol. The average Bonchev–Trinajstić information content (AvgIpc) is 3.48. The van der Waals surface area contributed by atoms with Gasteiger partial charge < -0.3 is 14.5 Å². The Morgan fingerprint density at radius 2 is 2.10 bits per heavy atom. The van der Waals surface area contributed by atoms with Crippen molar-refractivity contribution in [2.45, 2.75) is 6.54 Å². The number of methoxy groups -OCH3 is 1. The summed E-state index contributed by atoms with van der Waals surface area (Å²) >= 11 is 0. The molecule has 0 radical (unpaired) electrons. The molecule has 0 bridgehead atoms. The van der Waals surface area contributed by atoms with Gasteiger partial charge in [0, 0.05) is 36.5 Å². The lowest BCUT2D eigenvalue weighted by molar-refractivity contribution is 0.0942. The summed E-state index contributed by atoms with van der Waals surface area (Å²) in [5, 5.41) is 11.7. The molecular weight excluding hydrogens is 370 g/mol. The fourth-order valence-corrected chi connectivity index (χ4v) is 3.04. The van der Waals surface area contributed by atoms with Gasteiger partial charge in [-0.3, -0.25) is 14.2 Å². The van der Waals surface area contributed by atoms with Crippen molar-refractivity contribution >= 4 is 5.91 Å². The van der Waals surface area contributed by atoms with E-state index < -0.39 is 0 Å². The van der Waals surface area contributed by atoms with Crippen LogP contribution in [0.1, 0.15) is 10.5 Å². The van der Waals surface area contributed by atoms with E-state index in [1.807, 2.05) is 36.5 Å². The van der Waals surface area contributed by atoms with Gasteiger partial charge in [-0.1, -0.05) is 12.1 Å². The fraction of sp³-hybridized carbons (Fsp3) is 0.190. The molecule has 0 atom stereocenters. The Balaban J connectivity index is 1.38. The van der Waals surface area contributed by atoms with Crippen molar-refractivity contribution in [2.24, 2.45) is 7.05 Å². The van der Waals surface area contributed by atoms with Gasteiger partial charge >= 0.3 is 0 Å². The third-order valence-corrected chi connectivity index (χ3v) is 4.59. The molecule has 1 N–H and O–H groups in total. The zero-order chi connectivity index (χ0) is 20.2. The maximum Gasteiger partial charge on any atom is 0.269 e. The number of furan rings is 1. The minimum atomic E-state index is -0.184. The highest BCUT2D eigenvalue weighted by Gasteiger charge is 2.14. The summed E-state index contributed by atoms with van der Waals surface area (Å²) in [6.45, 7) is 1.01. The van der Waals surface area contributed by atoms with E-state index >= 15 is 0 Å². The van der Waals surface area contributed by atoms with Crippen LogP contribution in [0, 0.1) is 0 Å². The van der Waals surface area contributed by atoms with Gasteiger partial charge in [-0.05, 0) is 24.3 Å². The van der Waals surface area contributed by atoms with E-state index in [2.05, 4.69) is 15.5 Å². The van der Waals surface area contributed by atoms with E-state index in [0.717, 1.165) is 22.4 Å². The molecule has 0 fully saturated rings. The number of hydrogen-bond acceptors (Lipinski definition) is 5. The lowest BCUT2D eigenvalue weighted by Gasteiger charge is -2.05. The highest BCUT2D eigenvalue weighted by Crippen LogP contribution is 2.23. The first-order valence-corrected chi connectivity index (χ1v) is 9.16. The summed E-state index contributed by atoms with van der Waals surface area (Å²) < 4.78 is 13.7. The molecule has 0 aliphatic heterocycles. The molecule has 0 saturated heterocycles. The van der Waals surface area contributed by atoms with Crippen molar-refractivity contribution in [3.05, 3.63) is 67.0 Å². The summed E-state index contributed by atoms with van der Waals surface area (Å²) in [6.07, 6.45) is 6.99. The Labute approximate surface area is 167 Å². The Hall–Kier alpha value is -3.81. The van der Waals surface area contributed by atoms with Gasteiger partial charge in [0.2, 0.25) is 0 Å². The van der Waals surface area contributed by atoms with Crippen LogP contribution in [0.25, 0.3) is 22.4 Å². The second kappa shape index (κ2) is 8.05. The van der Waals surface area contributed by atoms with E-state index in [1.54, 1.807) is 48.3 Å². The van der Waals surface area contributed by atoms with Crippen LogP contribution in [-0.2, 0) is 13.6 Å². The van der Waals surface area contributed by atoms with Gasteiger partial charge in [0.1, 0.15) is 11.4 Å². The first-order valence-electron chi connectivity index (χ1n) is 9.16. The van der Waals surface area contributed by atoms with E-state index in [4.69, 9.17) is 9.15 Å². The number of carbonyl (C=O) groups excluding carboxylic acids is 1. The third-order valence-electron chi connectivity index (χ3n) is 4.59. The summed E-state index contributed by atoms with van der Waals surface area (Å²) in [4.78, 5) is 12.6. The topological polar surface area (TPSA) is 87.1 Å². The maximum absolute atomic E-state index is 12.6. The number of benzene rings is 1. The SMILES string of the molecule is COc1cccc(-c2cc(C(=O)NCCn3cc(-c4ccoc4)cn3)n(C)n2)c1. The predicted molar refractivity (Wildman–Crippen MR) is 107 cm³/mol. The molecule has 1 aromatic carbocycles. The molecule has 8 heteroatoms. The second-order valence-electron chi connectivity index (χ2n) is 6.53. The number of hydrogen-bond donors (Lipinski definition) is 1. The van der Waals surface area contributed by atoms with E-state index in [1.165, 1.54) is 0 Å². The van der Waals surface area contributed by atoms with Crippen molar-refractivity contribution in [1.82, 2.24) is 24.9 Å². The molecule has 4 rings (SSSR count). The number of ether oxygens (including phenoxy) is 1. The van der Waals surface area contributed by atoms with Gasteiger partial charge in [-0.25, -0.2) is 0 Å². The molecule has 29 heavy (non-hydrogen) atoms. The number of aromatic nitrogens is 4. The summed E-state index contributed by atoms with van der Waals surface area (Å²) in [6, 6.07) is 11.2. The van der Waals surface area contributed by atoms with Crippen molar-refractivity contribution in [1.29, 1.82) is 0 Å². The standard InChI is InChI=1S/C21H21N5O3/c1-25-20(11-19(24-25)15-4-3-5-18(10-15)28-2)21(27)22-7-8-26-13-17(12-23-26)16-6-9-29-14-16/h3-6,9-14H,7-8H2,1-2H3,(H,22,27). The maximum atomic E-state index is 12.6. The molecule has 148 valence electrons. The van der Waals surface area contributed by atoms with Crippen LogP contribution >= 0.6 is 0 Å². The molecule has 0 aliphatic rings. The molecule has 3 aromatic heterocycles. The highest BCUT2D eigenvalue weighted by molar-refractivity contribution is 5.93. The Bertz CT molecular complexity index is 1110. The first kappa shape index (κ1) is 18.5. The fourth-order valence-electron chi connectivity index (χ4n) is 3.04. The second-order valence-corrected chi connectivity index (χ2v) is 6.53. The molecule has 0 unspecified atom stereocenters. The molecule has 1 amide bonds. The number of carbonyl (C=O) groups is 1. The van der Waals surface area contributed by atoms with E-state index in [-0.39, 0.29) is 5.91 Å². The molecular formula is C21H21N5O3. The van der Waals surface area contributed by atoms with Crippen LogP contribution in [0.3, 0.4) is 0 Å². The van der Waals surface area contributed by atoms with Crippen LogP contribution in [-0.4, -0.2) is 39.1 Å². The van der Waals surface area contributed by atoms with E-state index in [9.17, 15) is 4.79 Å². The normalized spacial score (nSPS) is 10.8. The number of amides is 1. The largest absolute Gasteiger partial charge is 0.497 e.